The molecule has 0 fully saturated rings. The molecule has 16 heavy (non-hydrogen) atoms. The molecule has 0 N–H and O–H groups in total. The van der Waals surface area contributed by atoms with Gasteiger partial charge in [-0.05, 0) is 12.5 Å². The summed E-state index contributed by atoms with van der Waals surface area (Å²) in [5.74, 6) is -1.36. The van der Waals surface area contributed by atoms with Gasteiger partial charge in [-0.15, -0.1) is 0 Å². The van der Waals surface area contributed by atoms with Crippen molar-refractivity contribution in [3.05, 3.63) is 39.7 Å². The van der Waals surface area contributed by atoms with Crippen LogP contribution in [0.4, 0.5) is 10.1 Å². The molecule has 0 aromatic heterocycles. The van der Waals surface area contributed by atoms with E-state index in [1.807, 2.05) is 0 Å². The summed E-state index contributed by atoms with van der Waals surface area (Å²) in [6.07, 6.45) is -0.325. The summed E-state index contributed by atoms with van der Waals surface area (Å²) < 4.78 is 34.6. The first kappa shape index (κ1) is 12.9. The van der Waals surface area contributed by atoms with E-state index in [4.69, 9.17) is 10.7 Å². The van der Waals surface area contributed by atoms with Crippen molar-refractivity contribution in [3.8, 4) is 0 Å². The molecule has 0 aliphatic rings. The zero-order valence-corrected chi connectivity index (χ0v) is 9.46. The molecule has 0 unspecified atom stereocenters. The Morgan fingerprint density at radius 2 is 2.06 bits per heavy atom. The summed E-state index contributed by atoms with van der Waals surface area (Å²) in [5, 5.41) is 10.6. The van der Waals surface area contributed by atoms with Crippen molar-refractivity contribution in [2.75, 3.05) is 5.75 Å². The number of benzene rings is 1. The highest BCUT2D eigenvalue weighted by Gasteiger charge is 2.19. The lowest BCUT2D eigenvalue weighted by molar-refractivity contribution is -0.385. The molecule has 0 heterocycles. The summed E-state index contributed by atoms with van der Waals surface area (Å²) in [4.78, 5) is 9.79. The van der Waals surface area contributed by atoms with Gasteiger partial charge >= 0.3 is 0 Å². The molecule has 1 aromatic carbocycles. The van der Waals surface area contributed by atoms with Crippen LogP contribution in [0.25, 0.3) is 0 Å². The van der Waals surface area contributed by atoms with Crippen molar-refractivity contribution < 1.29 is 17.7 Å². The SMILES string of the molecule is O=[N+]([O-])c1cccc(F)c1CCS(=O)(=O)Cl. The van der Waals surface area contributed by atoms with Gasteiger partial charge in [-0.25, -0.2) is 12.8 Å². The molecule has 88 valence electrons. The minimum absolute atomic E-state index is 0.253. The first-order valence-corrected chi connectivity index (χ1v) is 6.63. The molecular weight excluding hydrogens is 261 g/mol. The summed E-state index contributed by atoms with van der Waals surface area (Å²) in [5.41, 5.74) is -0.697. The fourth-order valence-electron chi connectivity index (χ4n) is 1.19. The molecule has 1 rings (SSSR count). The maximum absolute atomic E-state index is 13.2. The van der Waals surface area contributed by atoms with Crippen LogP contribution in [0.1, 0.15) is 5.56 Å². The third-order valence-corrected chi connectivity index (χ3v) is 3.04. The maximum atomic E-state index is 13.2. The van der Waals surface area contributed by atoms with Crippen LogP contribution in [0, 0.1) is 15.9 Å². The van der Waals surface area contributed by atoms with Crippen LogP contribution in [0.5, 0.6) is 0 Å². The van der Waals surface area contributed by atoms with E-state index in [1.54, 1.807) is 0 Å². The lowest BCUT2D eigenvalue weighted by Gasteiger charge is -2.02. The molecule has 0 saturated heterocycles. The number of halogens is 2. The molecule has 5 nitrogen and oxygen atoms in total. The fourth-order valence-corrected chi connectivity index (χ4v) is 1.87. The predicted octanol–water partition coefficient (Wildman–Crippen LogP) is 1.85. The van der Waals surface area contributed by atoms with Gasteiger partial charge in [0, 0.05) is 16.7 Å². The molecule has 0 amide bonds. The Balaban J connectivity index is 3.07. The normalized spacial score (nSPS) is 11.4. The van der Waals surface area contributed by atoms with Crippen molar-refractivity contribution in [1.82, 2.24) is 0 Å². The second kappa shape index (κ2) is 4.75. The number of rotatable bonds is 4. The quantitative estimate of drug-likeness (QED) is 0.474. The Labute approximate surface area is 95.4 Å². The van der Waals surface area contributed by atoms with E-state index in [2.05, 4.69) is 0 Å². The fraction of sp³-hybridized carbons (Fsp3) is 0.250. The number of hydrogen-bond acceptors (Lipinski definition) is 4. The topological polar surface area (TPSA) is 77.3 Å². The van der Waals surface area contributed by atoms with Crippen molar-refractivity contribution >= 4 is 25.4 Å². The summed E-state index contributed by atoms with van der Waals surface area (Å²) in [6, 6.07) is 3.33. The maximum Gasteiger partial charge on any atom is 0.275 e. The molecule has 0 aliphatic heterocycles. The lowest BCUT2D eigenvalue weighted by atomic mass is 10.1. The summed E-state index contributed by atoms with van der Waals surface area (Å²) in [6.45, 7) is 0. The lowest BCUT2D eigenvalue weighted by Crippen LogP contribution is -2.05. The smallest absolute Gasteiger partial charge is 0.258 e. The van der Waals surface area contributed by atoms with Gasteiger partial charge in [0.05, 0.1) is 16.2 Å². The molecule has 0 spiro atoms. The Kier molecular flexibility index (Phi) is 3.82. The average Bonchev–Trinajstić information content (AvgIpc) is 2.13. The van der Waals surface area contributed by atoms with E-state index in [1.165, 1.54) is 6.07 Å². The number of nitro groups is 1. The number of nitro benzene ring substituents is 1. The first-order chi connectivity index (χ1) is 7.31. The van der Waals surface area contributed by atoms with Crippen LogP contribution >= 0.6 is 10.7 Å². The number of nitrogens with zero attached hydrogens (tertiary/aromatic N) is 1. The molecular formula is C8H7ClFNO4S. The zero-order valence-electron chi connectivity index (χ0n) is 7.89. The van der Waals surface area contributed by atoms with E-state index in [0.29, 0.717) is 0 Å². The molecule has 8 heteroatoms. The highest BCUT2D eigenvalue weighted by molar-refractivity contribution is 8.13. The van der Waals surface area contributed by atoms with Gasteiger partial charge in [0.2, 0.25) is 9.05 Å². The Hall–Kier alpha value is -1.21. The van der Waals surface area contributed by atoms with E-state index in [9.17, 15) is 22.9 Å². The standard InChI is InChI=1S/C8H7ClFNO4S/c9-16(14,15)5-4-6-7(10)2-1-3-8(6)11(12)13/h1-3H,4-5H2. The minimum Gasteiger partial charge on any atom is -0.258 e. The van der Waals surface area contributed by atoms with Crippen LogP contribution < -0.4 is 0 Å². The largest absolute Gasteiger partial charge is 0.275 e. The highest BCUT2D eigenvalue weighted by Crippen LogP contribution is 2.22. The molecule has 0 aliphatic carbocycles. The van der Waals surface area contributed by atoms with Gasteiger partial charge in [0.15, 0.2) is 0 Å². The Morgan fingerprint density at radius 1 is 1.44 bits per heavy atom. The van der Waals surface area contributed by atoms with Crippen LogP contribution in [0.2, 0.25) is 0 Å². The Bertz CT molecular complexity index is 517. The average molecular weight is 268 g/mol. The van der Waals surface area contributed by atoms with Crippen LogP contribution in [-0.2, 0) is 15.5 Å². The van der Waals surface area contributed by atoms with E-state index in [0.717, 1.165) is 12.1 Å². The van der Waals surface area contributed by atoms with Crippen molar-refractivity contribution in [2.45, 2.75) is 6.42 Å². The monoisotopic (exact) mass is 267 g/mol. The van der Waals surface area contributed by atoms with Crippen molar-refractivity contribution in [3.63, 3.8) is 0 Å². The van der Waals surface area contributed by atoms with Gasteiger partial charge < -0.3 is 0 Å². The number of hydrogen-bond donors (Lipinski definition) is 0. The van der Waals surface area contributed by atoms with Crippen LogP contribution in [0.3, 0.4) is 0 Å². The van der Waals surface area contributed by atoms with Gasteiger partial charge in [-0.1, -0.05) is 6.07 Å². The first-order valence-electron chi connectivity index (χ1n) is 4.15. The van der Waals surface area contributed by atoms with Gasteiger partial charge in [-0.2, -0.15) is 0 Å². The van der Waals surface area contributed by atoms with E-state index < -0.39 is 31.2 Å². The van der Waals surface area contributed by atoms with Gasteiger partial charge in [0.1, 0.15) is 5.82 Å². The third kappa shape index (κ3) is 3.42. The zero-order chi connectivity index (χ0) is 12.3. The highest BCUT2D eigenvalue weighted by atomic mass is 35.7. The third-order valence-electron chi connectivity index (χ3n) is 1.89. The molecule has 0 atom stereocenters. The molecule has 1 aromatic rings. The van der Waals surface area contributed by atoms with E-state index in [-0.39, 0.29) is 12.0 Å². The van der Waals surface area contributed by atoms with Crippen LogP contribution in [0.15, 0.2) is 18.2 Å². The van der Waals surface area contributed by atoms with E-state index >= 15 is 0 Å². The predicted molar refractivity (Wildman–Crippen MR) is 56.4 cm³/mol. The van der Waals surface area contributed by atoms with Crippen LogP contribution in [-0.4, -0.2) is 19.1 Å². The minimum atomic E-state index is -3.80. The summed E-state index contributed by atoms with van der Waals surface area (Å²) in [7, 11) is 1.15. The van der Waals surface area contributed by atoms with Gasteiger partial charge in [-0.3, -0.25) is 10.1 Å². The van der Waals surface area contributed by atoms with Gasteiger partial charge in [0.25, 0.3) is 5.69 Å². The van der Waals surface area contributed by atoms with Crippen molar-refractivity contribution in [2.24, 2.45) is 0 Å². The molecule has 0 saturated carbocycles. The summed E-state index contributed by atoms with van der Waals surface area (Å²) >= 11 is 0. The second-order valence-corrected chi connectivity index (χ2v) is 5.88. The Morgan fingerprint density at radius 3 is 2.56 bits per heavy atom. The molecule has 0 bridgehead atoms. The van der Waals surface area contributed by atoms with Crippen molar-refractivity contribution in [1.29, 1.82) is 0 Å². The molecule has 0 radical (unpaired) electrons. The second-order valence-electron chi connectivity index (χ2n) is 2.99.